The van der Waals surface area contributed by atoms with Crippen molar-refractivity contribution in [2.24, 2.45) is 5.92 Å². The van der Waals surface area contributed by atoms with Crippen LogP contribution in [-0.2, 0) is 4.79 Å². The Morgan fingerprint density at radius 1 is 1.59 bits per heavy atom. The van der Waals surface area contributed by atoms with Gasteiger partial charge >= 0.3 is 0 Å². The third-order valence-corrected chi connectivity index (χ3v) is 4.38. The highest BCUT2D eigenvalue weighted by atomic mass is 35.5. The molecule has 2 unspecified atom stereocenters. The molecular formula is C16H23ClN2O3. The van der Waals surface area contributed by atoms with E-state index in [1.807, 2.05) is 6.92 Å². The summed E-state index contributed by atoms with van der Waals surface area (Å²) in [4.78, 5) is 14.2. The van der Waals surface area contributed by atoms with E-state index in [-0.39, 0.29) is 12.0 Å². The first-order valence-electron chi connectivity index (χ1n) is 7.53. The fourth-order valence-electron chi connectivity index (χ4n) is 2.69. The number of halogens is 1. The summed E-state index contributed by atoms with van der Waals surface area (Å²) < 4.78 is 5.08. The van der Waals surface area contributed by atoms with Crippen LogP contribution in [0.3, 0.4) is 0 Å². The van der Waals surface area contributed by atoms with Gasteiger partial charge in [0.15, 0.2) is 0 Å². The Hall–Kier alpha value is -1.30. The van der Waals surface area contributed by atoms with Crippen LogP contribution in [0, 0.1) is 5.92 Å². The number of carbonyl (C=O) groups excluding carboxylic acids is 1. The summed E-state index contributed by atoms with van der Waals surface area (Å²) in [5, 5.41) is 12.9. The second-order valence-electron chi connectivity index (χ2n) is 5.74. The Bertz CT molecular complexity index is 522. The SMILES string of the molecule is COc1ccc(NC(=O)CCN2CCC(C(C)O)C2)cc1Cl. The molecular weight excluding hydrogens is 304 g/mol. The lowest BCUT2D eigenvalue weighted by Gasteiger charge is -2.17. The van der Waals surface area contributed by atoms with E-state index in [0.29, 0.717) is 35.3 Å². The second kappa shape index (κ2) is 7.81. The number of nitrogens with zero attached hydrogens (tertiary/aromatic N) is 1. The molecule has 1 saturated heterocycles. The number of rotatable bonds is 6. The van der Waals surface area contributed by atoms with Crippen molar-refractivity contribution >= 4 is 23.2 Å². The van der Waals surface area contributed by atoms with Crippen molar-refractivity contribution in [3.63, 3.8) is 0 Å². The molecule has 1 aliphatic rings. The van der Waals surface area contributed by atoms with Crippen molar-refractivity contribution < 1.29 is 14.6 Å². The monoisotopic (exact) mass is 326 g/mol. The van der Waals surface area contributed by atoms with Gasteiger partial charge in [0.2, 0.25) is 5.91 Å². The summed E-state index contributed by atoms with van der Waals surface area (Å²) in [6.45, 7) is 4.34. The maximum atomic E-state index is 12.0. The lowest BCUT2D eigenvalue weighted by molar-refractivity contribution is -0.116. The standard InChI is InChI=1S/C16H23ClN2O3/c1-11(20)12-5-7-19(10-12)8-6-16(21)18-13-3-4-15(22-2)14(17)9-13/h3-4,9,11-12,20H,5-8,10H2,1-2H3,(H,18,21). The van der Waals surface area contributed by atoms with Crippen molar-refractivity contribution in [1.29, 1.82) is 0 Å². The number of nitrogens with one attached hydrogen (secondary N) is 1. The van der Waals surface area contributed by atoms with Crippen LogP contribution in [0.25, 0.3) is 0 Å². The minimum absolute atomic E-state index is 0.0401. The topological polar surface area (TPSA) is 61.8 Å². The normalized spacial score (nSPS) is 19.9. The minimum atomic E-state index is -0.278. The maximum absolute atomic E-state index is 12.0. The summed E-state index contributed by atoms with van der Waals surface area (Å²) in [7, 11) is 1.55. The number of carbonyl (C=O) groups is 1. The predicted octanol–water partition coefficient (Wildman–Crippen LogP) is 2.38. The van der Waals surface area contributed by atoms with Crippen LogP contribution in [0.4, 0.5) is 5.69 Å². The van der Waals surface area contributed by atoms with Crippen LogP contribution in [0.15, 0.2) is 18.2 Å². The summed E-state index contributed by atoms with van der Waals surface area (Å²) in [5.74, 6) is 0.867. The maximum Gasteiger partial charge on any atom is 0.225 e. The van der Waals surface area contributed by atoms with E-state index in [2.05, 4.69) is 10.2 Å². The van der Waals surface area contributed by atoms with E-state index in [4.69, 9.17) is 16.3 Å². The van der Waals surface area contributed by atoms with Crippen LogP contribution in [0.1, 0.15) is 19.8 Å². The molecule has 0 radical (unpaired) electrons. The highest BCUT2D eigenvalue weighted by molar-refractivity contribution is 6.32. The zero-order chi connectivity index (χ0) is 16.1. The Morgan fingerprint density at radius 2 is 2.36 bits per heavy atom. The van der Waals surface area contributed by atoms with Gasteiger partial charge < -0.3 is 20.1 Å². The van der Waals surface area contributed by atoms with Gasteiger partial charge in [-0.05, 0) is 44.0 Å². The Morgan fingerprint density at radius 3 is 2.95 bits per heavy atom. The van der Waals surface area contributed by atoms with Crippen molar-refractivity contribution in [2.75, 3.05) is 32.1 Å². The van der Waals surface area contributed by atoms with Gasteiger partial charge in [-0.3, -0.25) is 4.79 Å². The molecule has 2 rings (SSSR count). The smallest absolute Gasteiger partial charge is 0.225 e. The molecule has 1 amide bonds. The molecule has 0 spiro atoms. The molecule has 2 atom stereocenters. The van der Waals surface area contributed by atoms with Crippen molar-refractivity contribution in [1.82, 2.24) is 4.90 Å². The fourth-order valence-corrected chi connectivity index (χ4v) is 2.94. The third kappa shape index (κ3) is 4.60. The molecule has 5 nitrogen and oxygen atoms in total. The van der Waals surface area contributed by atoms with Gasteiger partial charge in [0.05, 0.1) is 18.2 Å². The van der Waals surface area contributed by atoms with Gasteiger partial charge in [0, 0.05) is 25.2 Å². The number of benzene rings is 1. The Balaban J connectivity index is 1.78. The molecule has 0 bridgehead atoms. The van der Waals surface area contributed by atoms with Gasteiger partial charge in [-0.15, -0.1) is 0 Å². The molecule has 122 valence electrons. The third-order valence-electron chi connectivity index (χ3n) is 4.08. The van der Waals surface area contributed by atoms with Gasteiger partial charge in [-0.1, -0.05) is 11.6 Å². The number of aliphatic hydroxyl groups is 1. The van der Waals surface area contributed by atoms with Crippen LogP contribution in [0.5, 0.6) is 5.75 Å². The summed E-state index contributed by atoms with van der Waals surface area (Å²) >= 11 is 6.03. The molecule has 1 aromatic rings. The van der Waals surface area contributed by atoms with Crippen molar-refractivity contribution in [2.45, 2.75) is 25.9 Å². The van der Waals surface area contributed by atoms with E-state index in [1.165, 1.54) is 0 Å². The van der Waals surface area contributed by atoms with Gasteiger partial charge in [-0.25, -0.2) is 0 Å². The number of hydrogen-bond acceptors (Lipinski definition) is 4. The molecule has 1 aromatic carbocycles. The lowest BCUT2D eigenvalue weighted by atomic mass is 10.0. The van der Waals surface area contributed by atoms with Crippen LogP contribution < -0.4 is 10.1 Å². The quantitative estimate of drug-likeness (QED) is 0.842. The molecule has 0 aliphatic carbocycles. The van der Waals surface area contributed by atoms with Crippen molar-refractivity contribution in [3.05, 3.63) is 23.2 Å². The number of ether oxygens (including phenoxy) is 1. The predicted molar refractivity (Wildman–Crippen MR) is 87.5 cm³/mol. The largest absolute Gasteiger partial charge is 0.495 e. The highest BCUT2D eigenvalue weighted by Gasteiger charge is 2.25. The van der Waals surface area contributed by atoms with Crippen LogP contribution in [0.2, 0.25) is 5.02 Å². The van der Waals surface area contributed by atoms with E-state index in [9.17, 15) is 9.90 Å². The zero-order valence-corrected chi connectivity index (χ0v) is 13.8. The molecule has 0 saturated carbocycles. The van der Waals surface area contributed by atoms with E-state index in [0.717, 1.165) is 19.5 Å². The molecule has 2 N–H and O–H groups in total. The van der Waals surface area contributed by atoms with E-state index in [1.54, 1.807) is 25.3 Å². The van der Waals surface area contributed by atoms with Crippen LogP contribution in [-0.4, -0.2) is 48.8 Å². The number of aliphatic hydroxyl groups excluding tert-OH is 1. The Kier molecular flexibility index (Phi) is 6.06. The number of amides is 1. The molecule has 0 aromatic heterocycles. The number of likely N-dealkylation sites (tertiary alicyclic amines) is 1. The first-order chi connectivity index (χ1) is 10.5. The van der Waals surface area contributed by atoms with Crippen LogP contribution >= 0.6 is 11.6 Å². The average molecular weight is 327 g/mol. The zero-order valence-electron chi connectivity index (χ0n) is 13.0. The average Bonchev–Trinajstić information content (AvgIpc) is 2.94. The highest BCUT2D eigenvalue weighted by Crippen LogP contribution is 2.27. The molecule has 1 aliphatic heterocycles. The van der Waals surface area contributed by atoms with Crippen molar-refractivity contribution in [3.8, 4) is 5.75 Å². The molecule has 6 heteroatoms. The number of anilines is 1. The summed E-state index contributed by atoms with van der Waals surface area (Å²) in [6.07, 6.45) is 1.14. The van der Waals surface area contributed by atoms with E-state index < -0.39 is 0 Å². The summed E-state index contributed by atoms with van der Waals surface area (Å²) in [5.41, 5.74) is 0.666. The second-order valence-corrected chi connectivity index (χ2v) is 6.14. The van der Waals surface area contributed by atoms with E-state index >= 15 is 0 Å². The van der Waals surface area contributed by atoms with Gasteiger partial charge in [0.1, 0.15) is 5.75 Å². The molecule has 1 heterocycles. The van der Waals surface area contributed by atoms with Gasteiger partial charge in [0.25, 0.3) is 0 Å². The summed E-state index contributed by atoms with van der Waals surface area (Å²) in [6, 6.07) is 5.17. The van der Waals surface area contributed by atoms with Gasteiger partial charge in [-0.2, -0.15) is 0 Å². The molecule has 1 fully saturated rings. The first kappa shape index (κ1) is 17.1. The number of hydrogen-bond donors (Lipinski definition) is 2. The number of methoxy groups -OCH3 is 1. The fraction of sp³-hybridized carbons (Fsp3) is 0.562. The Labute approximate surface area is 136 Å². The molecule has 22 heavy (non-hydrogen) atoms. The lowest BCUT2D eigenvalue weighted by Crippen LogP contribution is -2.27. The first-order valence-corrected chi connectivity index (χ1v) is 7.91. The minimum Gasteiger partial charge on any atom is -0.495 e.